The molecule has 2 aliphatic rings. The molecular formula is C16H18N2O2. The minimum atomic E-state index is -0.771. The minimum absolute atomic E-state index is 0.149. The third-order valence-corrected chi connectivity index (χ3v) is 4.05. The van der Waals surface area contributed by atoms with Crippen LogP contribution in [0.3, 0.4) is 0 Å². The van der Waals surface area contributed by atoms with Gasteiger partial charge in [0.25, 0.3) is 0 Å². The van der Waals surface area contributed by atoms with Gasteiger partial charge < -0.3 is 5.32 Å². The van der Waals surface area contributed by atoms with Crippen molar-refractivity contribution in [2.75, 3.05) is 0 Å². The van der Waals surface area contributed by atoms with Crippen LogP contribution in [0.5, 0.6) is 0 Å². The lowest BCUT2D eigenvalue weighted by Gasteiger charge is -2.25. The number of aliphatic imine (C=N–C) groups is 1. The zero-order valence-electron chi connectivity index (χ0n) is 11.3. The second kappa shape index (κ2) is 5.57. The standard InChI is InChI=1S/C16H18N2O2/c19-15-12-8-4-5-9-14(12)17-10-13(15)16(20)18-11-6-2-1-3-7-11/h4-5,8-11,13H,1-3,6-7H2,(H,18,20). The Labute approximate surface area is 118 Å². The molecule has 0 aromatic heterocycles. The summed E-state index contributed by atoms with van der Waals surface area (Å²) in [6, 6.07) is 7.38. The van der Waals surface area contributed by atoms with Gasteiger partial charge in [0.2, 0.25) is 5.91 Å². The van der Waals surface area contributed by atoms with Crippen LogP contribution in [0.25, 0.3) is 0 Å². The molecular weight excluding hydrogens is 252 g/mol. The molecule has 1 amide bonds. The first kappa shape index (κ1) is 13.0. The topological polar surface area (TPSA) is 58.5 Å². The number of rotatable bonds is 2. The van der Waals surface area contributed by atoms with E-state index < -0.39 is 5.92 Å². The molecule has 4 nitrogen and oxygen atoms in total. The van der Waals surface area contributed by atoms with Gasteiger partial charge in [-0.05, 0) is 25.0 Å². The highest BCUT2D eigenvalue weighted by molar-refractivity contribution is 6.23. The second-order valence-electron chi connectivity index (χ2n) is 5.48. The number of hydrogen-bond donors (Lipinski definition) is 1. The van der Waals surface area contributed by atoms with Crippen LogP contribution in [-0.2, 0) is 4.79 Å². The first-order valence-electron chi connectivity index (χ1n) is 7.23. The van der Waals surface area contributed by atoms with Gasteiger partial charge in [-0.3, -0.25) is 14.6 Å². The first-order chi connectivity index (χ1) is 9.75. The lowest BCUT2D eigenvalue weighted by molar-refractivity contribution is -0.122. The van der Waals surface area contributed by atoms with Crippen molar-refractivity contribution in [2.45, 2.75) is 38.1 Å². The molecule has 0 bridgehead atoms. The lowest BCUT2D eigenvalue weighted by atomic mass is 9.92. The van der Waals surface area contributed by atoms with Gasteiger partial charge in [-0.15, -0.1) is 0 Å². The van der Waals surface area contributed by atoms with E-state index in [1.54, 1.807) is 18.2 Å². The summed E-state index contributed by atoms with van der Waals surface area (Å²) in [4.78, 5) is 28.8. The zero-order chi connectivity index (χ0) is 13.9. The van der Waals surface area contributed by atoms with E-state index in [1.165, 1.54) is 12.6 Å². The van der Waals surface area contributed by atoms with E-state index in [2.05, 4.69) is 10.3 Å². The molecule has 1 aliphatic heterocycles. The average Bonchev–Trinajstić information content (AvgIpc) is 2.49. The number of fused-ring (bicyclic) bond motifs is 1. The Morgan fingerprint density at radius 1 is 1.15 bits per heavy atom. The van der Waals surface area contributed by atoms with Crippen molar-refractivity contribution in [2.24, 2.45) is 10.9 Å². The molecule has 0 radical (unpaired) electrons. The van der Waals surface area contributed by atoms with Gasteiger partial charge in [-0.2, -0.15) is 0 Å². The van der Waals surface area contributed by atoms with E-state index in [9.17, 15) is 9.59 Å². The molecule has 1 unspecified atom stereocenters. The normalized spacial score (nSPS) is 22.4. The summed E-state index contributed by atoms with van der Waals surface area (Å²) < 4.78 is 0. The minimum Gasteiger partial charge on any atom is -0.352 e. The van der Waals surface area contributed by atoms with Crippen molar-refractivity contribution in [1.82, 2.24) is 5.32 Å². The van der Waals surface area contributed by atoms with Crippen LogP contribution in [-0.4, -0.2) is 23.9 Å². The highest BCUT2D eigenvalue weighted by Crippen LogP contribution is 2.26. The van der Waals surface area contributed by atoms with Crippen molar-refractivity contribution >= 4 is 23.6 Å². The maximum absolute atomic E-state index is 12.3. The van der Waals surface area contributed by atoms with Crippen LogP contribution in [0.15, 0.2) is 29.3 Å². The predicted molar refractivity (Wildman–Crippen MR) is 77.4 cm³/mol. The van der Waals surface area contributed by atoms with Crippen LogP contribution in [0.1, 0.15) is 42.5 Å². The SMILES string of the molecule is O=C(NC1CCCCC1)C1C=Nc2ccccc2C1=O. The second-order valence-corrected chi connectivity index (χ2v) is 5.48. The summed E-state index contributed by atoms with van der Waals surface area (Å²) in [5.41, 5.74) is 1.19. The molecule has 1 aliphatic carbocycles. The molecule has 1 N–H and O–H groups in total. The summed E-state index contributed by atoms with van der Waals surface area (Å²) in [6.07, 6.45) is 7.05. The van der Waals surface area contributed by atoms with Gasteiger partial charge in [-0.1, -0.05) is 31.4 Å². The Bertz CT molecular complexity index is 559. The van der Waals surface area contributed by atoms with Gasteiger partial charge in [-0.25, -0.2) is 0 Å². The largest absolute Gasteiger partial charge is 0.352 e. The molecule has 1 heterocycles. The summed E-state index contributed by atoms with van der Waals surface area (Å²) in [5, 5.41) is 3.00. The zero-order valence-corrected chi connectivity index (χ0v) is 11.3. The Kier molecular flexibility index (Phi) is 3.63. The fraction of sp³-hybridized carbons (Fsp3) is 0.438. The van der Waals surface area contributed by atoms with E-state index in [4.69, 9.17) is 0 Å². The first-order valence-corrected chi connectivity index (χ1v) is 7.23. The molecule has 3 rings (SSSR count). The number of ketones is 1. The average molecular weight is 270 g/mol. The Morgan fingerprint density at radius 2 is 1.90 bits per heavy atom. The van der Waals surface area contributed by atoms with Crippen molar-refractivity contribution in [3.05, 3.63) is 29.8 Å². The summed E-state index contributed by atoms with van der Waals surface area (Å²) in [6.45, 7) is 0. The Balaban J connectivity index is 1.72. The van der Waals surface area contributed by atoms with Crippen LogP contribution >= 0.6 is 0 Å². The van der Waals surface area contributed by atoms with E-state index in [0.717, 1.165) is 25.7 Å². The molecule has 4 heteroatoms. The lowest BCUT2D eigenvalue weighted by Crippen LogP contribution is -2.43. The van der Waals surface area contributed by atoms with Crippen LogP contribution < -0.4 is 5.32 Å². The maximum atomic E-state index is 12.3. The monoisotopic (exact) mass is 270 g/mol. The van der Waals surface area contributed by atoms with Gasteiger partial charge in [0.05, 0.1) is 5.69 Å². The number of carbonyl (C=O) groups excluding carboxylic acids is 2. The van der Waals surface area contributed by atoms with E-state index in [0.29, 0.717) is 11.3 Å². The molecule has 1 fully saturated rings. The maximum Gasteiger partial charge on any atom is 0.236 e. The van der Waals surface area contributed by atoms with Crippen LogP contribution in [0.4, 0.5) is 5.69 Å². The number of amides is 1. The molecule has 104 valence electrons. The third-order valence-electron chi connectivity index (χ3n) is 4.05. The number of carbonyl (C=O) groups is 2. The summed E-state index contributed by atoms with van der Waals surface area (Å²) >= 11 is 0. The van der Waals surface area contributed by atoms with Gasteiger partial charge >= 0.3 is 0 Å². The van der Waals surface area contributed by atoms with E-state index in [1.807, 2.05) is 6.07 Å². The molecule has 0 spiro atoms. The Morgan fingerprint density at radius 3 is 2.70 bits per heavy atom. The fourth-order valence-corrected chi connectivity index (χ4v) is 2.91. The molecule has 1 aromatic rings. The van der Waals surface area contributed by atoms with Crippen molar-refractivity contribution in [3.8, 4) is 0 Å². The number of Topliss-reactive ketones (excluding diaryl/α,β-unsaturated/α-hetero) is 1. The number of benzene rings is 1. The third kappa shape index (κ3) is 2.50. The van der Waals surface area contributed by atoms with Crippen LogP contribution in [0.2, 0.25) is 0 Å². The summed E-state index contributed by atoms with van der Waals surface area (Å²) in [5.74, 6) is -1.13. The van der Waals surface area contributed by atoms with Crippen molar-refractivity contribution < 1.29 is 9.59 Å². The number of hydrogen-bond acceptors (Lipinski definition) is 3. The molecule has 0 saturated heterocycles. The highest BCUT2D eigenvalue weighted by atomic mass is 16.2. The number of para-hydroxylation sites is 1. The molecule has 1 atom stereocenters. The van der Waals surface area contributed by atoms with Crippen molar-refractivity contribution in [1.29, 1.82) is 0 Å². The fourth-order valence-electron chi connectivity index (χ4n) is 2.91. The number of nitrogens with zero attached hydrogens (tertiary/aromatic N) is 1. The van der Waals surface area contributed by atoms with E-state index in [-0.39, 0.29) is 17.7 Å². The van der Waals surface area contributed by atoms with Crippen molar-refractivity contribution in [3.63, 3.8) is 0 Å². The molecule has 1 saturated carbocycles. The van der Waals surface area contributed by atoms with Gasteiger partial charge in [0.15, 0.2) is 5.78 Å². The summed E-state index contributed by atoms with van der Waals surface area (Å²) in [7, 11) is 0. The predicted octanol–water partition coefficient (Wildman–Crippen LogP) is 2.65. The molecule has 1 aromatic carbocycles. The van der Waals surface area contributed by atoms with E-state index >= 15 is 0 Å². The quantitative estimate of drug-likeness (QED) is 0.840. The number of nitrogens with one attached hydrogen (secondary N) is 1. The van der Waals surface area contributed by atoms with Gasteiger partial charge in [0, 0.05) is 17.8 Å². The highest BCUT2D eigenvalue weighted by Gasteiger charge is 2.31. The molecule has 20 heavy (non-hydrogen) atoms. The van der Waals surface area contributed by atoms with Crippen LogP contribution in [0, 0.1) is 5.92 Å². The van der Waals surface area contributed by atoms with Gasteiger partial charge in [0.1, 0.15) is 5.92 Å². The smallest absolute Gasteiger partial charge is 0.236 e. The Hall–Kier alpha value is -1.97.